The number of nitrogens with one attached hydrogen (secondary N) is 1. The molecule has 106 valence electrons. The van der Waals surface area contributed by atoms with E-state index in [-0.39, 0.29) is 6.54 Å². The van der Waals surface area contributed by atoms with E-state index in [1.165, 1.54) is 4.90 Å². The molecule has 1 heterocycles. The van der Waals surface area contributed by atoms with Crippen LogP contribution in [0.15, 0.2) is 30.3 Å². The maximum Gasteiger partial charge on any atom is 0.252 e. The molecule has 0 unspecified atom stereocenters. The molecule has 3 amide bonds. The van der Waals surface area contributed by atoms with E-state index < -0.39 is 29.3 Å². The Bertz CT molecular complexity index is 554. The summed E-state index contributed by atoms with van der Waals surface area (Å²) in [5, 5.41) is 2.22. The SMILES string of the molecule is CC1(C)C(=O)NC(=O)CN1C(=O)[C@H](N)c1ccccc1. The third-order valence-electron chi connectivity index (χ3n) is 3.48. The Kier molecular flexibility index (Phi) is 3.59. The Morgan fingerprint density at radius 2 is 1.90 bits per heavy atom. The highest BCUT2D eigenvalue weighted by atomic mass is 16.2. The zero-order chi connectivity index (χ0) is 14.9. The Labute approximate surface area is 116 Å². The maximum absolute atomic E-state index is 12.5. The van der Waals surface area contributed by atoms with E-state index in [9.17, 15) is 14.4 Å². The van der Waals surface area contributed by atoms with Gasteiger partial charge in [-0.15, -0.1) is 0 Å². The van der Waals surface area contributed by atoms with Gasteiger partial charge in [0.05, 0.1) is 0 Å². The Morgan fingerprint density at radius 3 is 2.50 bits per heavy atom. The number of benzene rings is 1. The Balaban J connectivity index is 2.27. The van der Waals surface area contributed by atoms with E-state index in [0.717, 1.165) is 0 Å². The van der Waals surface area contributed by atoms with Gasteiger partial charge in [-0.2, -0.15) is 0 Å². The van der Waals surface area contributed by atoms with Gasteiger partial charge in [0.25, 0.3) is 5.91 Å². The first-order valence-corrected chi connectivity index (χ1v) is 6.30. The monoisotopic (exact) mass is 275 g/mol. The van der Waals surface area contributed by atoms with Crippen LogP contribution in [0.1, 0.15) is 25.5 Å². The Hall–Kier alpha value is -2.21. The van der Waals surface area contributed by atoms with Crippen LogP contribution < -0.4 is 11.1 Å². The molecule has 0 saturated carbocycles. The van der Waals surface area contributed by atoms with E-state index in [1.54, 1.807) is 38.1 Å². The van der Waals surface area contributed by atoms with Crippen LogP contribution in [0.3, 0.4) is 0 Å². The van der Waals surface area contributed by atoms with Crippen molar-refractivity contribution in [3.63, 3.8) is 0 Å². The first-order valence-electron chi connectivity index (χ1n) is 6.30. The molecule has 20 heavy (non-hydrogen) atoms. The van der Waals surface area contributed by atoms with Gasteiger partial charge >= 0.3 is 0 Å². The second-order valence-electron chi connectivity index (χ2n) is 5.25. The van der Waals surface area contributed by atoms with Gasteiger partial charge in [0.2, 0.25) is 11.8 Å². The van der Waals surface area contributed by atoms with E-state index in [2.05, 4.69) is 5.32 Å². The number of amides is 3. The van der Waals surface area contributed by atoms with Gasteiger partial charge in [0, 0.05) is 0 Å². The lowest BCUT2D eigenvalue weighted by Crippen LogP contribution is -2.66. The number of carbonyl (C=O) groups is 3. The van der Waals surface area contributed by atoms with Crippen LogP contribution in [0.4, 0.5) is 0 Å². The van der Waals surface area contributed by atoms with Crippen molar-refractivity contribution in [1.82, 2.24) is 10.2 Å². The highest BCUT2D eigenvalue weighted by molar-refractivity contribution is 6.06. The predicted molar refractivity (Wildman–Crippen MR) is 72.3 cm³/mol. The highest BCUT2D eigenvalue weighted by Crippen LogP contribution is 2.22. The van der Waals surface area contributed by atoms with Gasteiger partial charge in [-0.3, -0.25) is 19.7 Å². The maximum atomic E-state index is 12.5. The van der Waals surface area contributed by atoms with Crippen molar-refractivity contribution in [3.8, 4) is 0 Å². The largest absolute Gasteiger partial charge is 0.318 e. The van der Waals surface area contributed by atoms with Crippen LogP contribution in [0, 0.1) is 0 Å². The van der Waals surface area contributed by atoms with Crippen molar-refractivity contribution >= 4 is 17.7 Å². The van der Waals surface area contributed by atoms with Crippen LogP contribution in [-0.2, 0) is 14.4 Å². The van der Waals surface area contributed by atoms with Crippen molar-refractivity contribution in [2.75, 3.05) is 6.54 Å². The van der Waals surface area contributed by atoms with Gasteiger partial charge in [-0.25, -0.2) is 0 Å². The highest BCUT2D eigenvalue weighted by Gasteiger charge is 2.44. The van der Waals surface area contributed by atoms with Crippen LogP contribution in [0.25, 0.3) is 0 Å². The van der Waals surface area contributed by atoms with Gasteiger partial charge in [-0.1, -0.05) is 30.3 Å². The van der Waals surface area contributed by atoms with Crippen LogP contribution in [0.5, 0.6) is 0 Å². The summed E-state index contributed by atoms with van der Waals surface area (Å²) in [5.41, 5.74) is 5.49. The van der Waals surface area contributed by atoms with Crippen molar-refractivity contribution in [3.05, 3.63) is 35.9 Å². The molecule has 6 heteroatoms. The predicted octanol–water partition coefficient (Wildman–Crippen LogP) is -0.0500. The quantitative estimate of drug-likeness (QED) is 0.740. The fourth-order valence-electron chi connectivity index (χ4n) is 2.11. The lowest BCUT2D eigenvalue weighted by molar-refractivity contribution is -0.156. The molecular formula is C14H17N3O3. The minimum absolute atomic E-state index is 0.169. The summed E-state index contributed by atoms with van der Waals surface area (Å²) in [6.45, 7) is 3.01. The van der Waals surface area contributed by atoms with Crippen LogP contribution >= 0.6 is 0 Å². The molecular weight excluding hydrogens is 258 g/mol. The smallest absolute Gasteiger partial charge is 0.252 e. The molecule has 2 rings (SSSR count). The second kappa shape index (κ2) is 5.05. The normalized spacial score (nSPS) is 19.4. The third-order valence-corrected chi connectivity index (χ3v) is 3.48. The average Bonchev–Trinajstić information content (AvgIpc) is 2.42. The van der Waals surface area contributed by atoms with E-state index >= 15 is 0 Å². The van der Waals surface area contributed by atoms with Crippen molar-refractivity contribution in [2.45, 2.75) is 25.4 Å². The minimum Gasteiger partial charge on any atom is -0.318 e. The molecule has 6 nitrogen and oxygen atoms in total. The summed E-state index contributed by atoms with van der Waals surface area (Å²) in [4.78, 5) is 37.0. The van der Waals surface area contributed by atoms with E-state index in [4.69, 9.17) is 5.73 Å². The number of piperazine rings is 1. The molecule has 1 aliphatic rings. The first kappa shape index (κ1) is 14.2. The molecule has 1 fully saturated rings. The fraction of sp³-hybridized carbons (Fsp3) is 0.357. The average molecular weight is 275 g/mol. The van der Waals surface area contributed by atoms with Gasteiger partial charge in [0.1, 0.15) is 18.1 Å². The molecule has 1 aliphatic heterocycles. The number of nitrogens with two attached hydrogens (primary N) is 1. The standard InChI is InChI=1S/C14H17N3O3/c1-14(2)13(20)16-10(18)8-17(14)12(19)11(15)9-6-4-3-5-7-9/h3-7,11H,8,15H2,1-2H3,(H,16,18,20)/t11-/m1/s1. The van der Waals surface area contributed by atoms with Crippen molar-refractivity contribution < 1.29 is 14.4 Å². The molecule has 1 aromatic carbocycles. The van der Waals surface area contributed by atoms with Gasteiger partial charge in [-0.05, 0) is 19.4 Å². The third kappa shape index (κ3) is 2.42. The first-order chi connectivity index (χ1) is 9.34. The molecule has 0 spiro atoms. The summed E-state index contributed by atoms with van der Waals surface area (Å²) in [7, 11) is 0. The van der Waals surface area contributed by atoms with Crippen molar-refractivity contribution in [2.24, 2.45) is 5.73 Å². The zero-order valence-electron chi connectivity index (χ0n) is 11.4. The van der Waals surface area contributed by atoms with E-state index in [0.29, 0.717) is 5.56 Å². The number of rotatable bonds is 2. The molecule has 0 aliphatic carbocycles. The number of hydrogen-bond donors (Lipinski definition) is 2. The topological polar surface area (TPSA) is 92.5 Å². The van der Waals surface area contributed by atoms with Crippen molar-refractivity contribution in [1.29, 1.82) is 0 Å². The van der Waals surface area contributed by atoms with Crippen LogP contribution in [0.2, 0.25) is 0 Å². The molecule has 1 saturated heterocycles. The summed E-state index contributed by atoms with van der Waals surface area (Å²) in [6.07, 6.45) is 0. The summed E-state index contributed by atoms with van der Waals surface area (Å²) in [5.74, 6) is -1.44. The van der Waals surface area contributed by atoms with Gasteiger partial charge < -0.3 is 10.6 Å². The number of carbonyl (C=O) groups excluding carboxylic acids is 3. The minimum atomic E-state index is -1.10. The molecule has 1 aromatic rings. The van der Waals surface area contributed by atoms with E-state index in [1.807, 2.05) is 6.07 Å². The summed E-state index contributed by atoms with van der Waals surface area (Å²) < 4.78 is 0. The molecule has 0 aromatic heterocycles. The second-order valence-corrected chi connectivity index (χ2v) is 5.25. The molecule has 0 bridgehead atoms. The Morgan fingerprint density at radius 1 is 1.30 bits per heavy atom. The summed E-state index contributed by atoms with van der Waals surface area (Å²) >= 11 is 0. The lowest BCUT2D eigenvalue weighted by Gasteiger charge is -2.41. The number of imide groups is 1. The lowest BCUT2D eigenvalue weighted by atomic mass is 9.96. The number of hydrogen-bond acceptors (Lipinski definition) is 4. The summed E-state index contributed by atoms with van der Waals surface area (Å²) in [6, 6.07) is 7.96. The zero-order valence-corrected chi connectivity index (χ0v) is 11.4. The number of nitrogens with zero attached hydrogens (tertiary/aromatic N) is 1. The molecule has 1 atom stereocenters. The molecule has 3 N–H and O–H groups in total. The van der Waals surface area contributed by atoms with Crippen LogP contribution in [-0.4, -0.2) is 34.7 Å². The van der Waals surface area contributed by atoms with Gasteiger partial charge in [0.15, 0.2) is 0 Å². The molecule has 0 radical (unpaired) electrons. The fourth-order valence-corrected chi connectivity index (χ4v) is 2.11.